The first kappa shape index (κ1) is 14.7. The highest BCUT2D eigenvalue weighted by Crippen LogP contribution is 2.02. The van der Waals surface area contributed by atoms with Crippen LogP contribution in [0.1, 0.15) is 27.2 Å². The second-order valence-corrected chi connectivity index (χ2v) is 4.32. The summed E-state index contributed by atoms with van der Waals surface area (Å²) in [6.45, 7) is 6.56. The van der Waals surface area contributed by atoms with Gasteiger partial charge in [0.2, 0.25) is 0 Å². The van der Waals surface area contributed by atoms with E-state index in [1.54, 1.807) is 18.9 Å². The van der Waals surface area contributed by atoms with E-state index in [-0.39, 0.29) is 12.6 Å². The smallest absolute Gasteiger partial charge is 0.317 e. The fraction of sp³-hybridized carbons (Fsp3) is 0.818. The Morgan fingerprint density at radius 3 is 2.38 bits per heavy atom. The number of amides is 2. The van der Waals surface area contributed by atoms with Crippen molar-refractivity contribution in [3.63, 3.8) is 0 Å². The highest BCUT2D eigenvalue weighted by molar-refractivity contribution is 5.75. The van der Waals surface area contributed by atoms with E-state index in [4.69, 9.17) is 5.11 Å². The minimum Gasteiger partial charge on any atom is -0.481 e. The number of rotatable bonds is 6. The third-order valence-corrected chi connectivity index (χ3v) is 2.61. The molecule has 0 saturated carbocycles. The standard InChI is InChI=1S/C11H22N2O3/c1-5-8(2)7-13(4)11(16)12-6-9(3)10(14)15/h8-9H,5-7H2,1-4H3,(H,12,16)(H,14,15). The molecule has 0 fully saturated rings. The van der Waals surface area contributed by atoms with Gasteiger partial charge < -0.3 is 15.3 Å². The predicted octanol–water partition coefficient (Wildman–Crippen LogP) is 1.39. The first-order valence-corrected chi connectivity index (χ1v) is 5.60. The van der Waals surface area contributed by atoms with Crippen molar-refractivity contribution in [1.82, 2.24) is 10.2 Å². The van der Waals surface area contributed by atoms with Crippen LogP contribution >= 0.6 is 0 Å². The van der Waals surface area contributed by atoms with E-state index in [0.717, 1.165) is 6.42 Å². The molecule has 0 aliphatic rings. The number of nitrogens with one attached hydrogen (secondary N) is 1. The number of carbonyl (C=O) groups excluding carboxylic acids is 1. The molecule has 0 rings (SSSR count). The van der Waals surface area contributed by atoms with Crippen LogP contribution in [0.3, 0.4) is 0 Å². The minimum atomic E-state index is -0.898. The topological polar surface area (TPSA) is 69.6 Å². The zero-order valence-electron chi connectivity index (χ0n) is 10.5. The molecule has 2 N–H and O–H groups in total. The SMILES string of the molecule is CCC(C)CN(C)C(=O)NCC(C)C(=O)O. The van der Waals surface area contributed by atoms with E-state index in [0.29, 0.717) is 12.5 Å². The van der Waals surface area contributed by atoms with Gasteiger partial charge in [0, 0.05) is 20.1 Å². The summed E-state index contributed by atoms with van der Waals surface area (Å²) in [6.07, 6.45) is 1.02. The van der Waals surface area contributed by atoms with Crippen LogP contribution in [0, 0.1) is 11.8 Å². The summed E-state index contributed by atoms with van der Waals surface area (Å²) < 4.78 is 0. The van der Waals surface area contributed by atoms with Crippen LogP contribution in [0.5, 0.6) is 0 Å². The molecule has 2 unspecified atom stereocenters. The number of hydrogen-bond donors (Lipinski definition) is 2. The maximum Gasteiger partial charge on any atom is 0.317 e. The lowest BCUT2D eigenvalue weighted by atomic mass is 10.1. The molecule has 0 saturated heterocycles. The third kappa shape index (κ3) is 5.58. The van der Waals surface area contributed by atoms with Gasteiger partial charge in [-0.15, -0.1) is 0 Å². The molecule has 0 aromatic rings. The lowest BCUT2D eigenvalue weighted by Gasteiger charge is -2.21. The summed E-state index contributed by atoms with van der Waals surface area (Å²) in [7, 11) is 1.72. The first-order chi connectivity index (χ1) is 7.38. The molecular formula is C11H22N2O3. The van der Waals surface area contributed by atoms with Crippen molar-refractivity contribution in [2.45, 2.75) is 27.2 Å². The van der Waals surface area contributed by atoms with Gasteiger partial charge in [-0.1, -0.05) is 27.2 Å². The molecule has 0 aromatic heterocycles. The van der Waals surface area contributed by atoms with Gasteiger partial charge in [0.15, 0.2) is 0 Å². The largest absolute Gasteiger partial charge is 0.481 e. The molecule has 0 heterocycles. The highest BCUT2D eigenvalue weighted by atomic mass is 16.4. The number of urea groups is 1. The number of carboxylic acids is 1. The summed E-state index contributed by atoms with van der Waals surface area (Å²) in [4.78, 5) is 23.7. The molecule has 0 bridgehead atoms. The zero-order valence-corrected chi connectivity index (χ0v) is 10.5. The van der Waals surface area contributed by atoms with Gasteiger partial charge >= 0.3 is 12.0 Å². The van der Waals surface area contributed by atoms with Crippen LogP contribution in [-0.4, -0.2) is 42.1 Å². The van der Waals surface area contributed by atoms with Crippen LogP contribution in [0.15, 0.2) is 0 Å². The molecule has 2 atom stereocenters. The van der Waals surface area contributed by atoms with Crippen LogP contribution in [0.2, 0.25) is 0 Å². The Morgan fingerprint density at radius 2 is 1.94 bits per heavy atom. The Hall–Kier alpha value is -1.26. The number of nitrogens with zero attached hydrogens (tertiary/aromatic N) is 1. The van der Waals surface area contributed by atoms with Crippen LogP contribution in [0.25, 0.3) is 0 Å². The fourth-order valence-corrected chi connectivity index (χ4v) is 1.14. The molecule has 94 valence electrons. The van der Waals surface area contributed by atoms with Crippen molar-refractivity contribution in [3.8, 4) is 0 Å². The number of aliphatic carboxylic acids is 1. The Labute approximate surface area is 96.8 Å². The Kier molecular flexibility index (Phi) is 6.53. The van der Waals surface area contributed by atoms with Crippen LogP contribution in [-0.2, 0) is 4.79 Å². The minimum absolute atomic E-state index is 0.166. The maximum atomic E-state index is 11.5. The normalized spacial score (nSPS) is 14.0. The van der Waals surface area contributed by atoms with E-state index >= 15 is 0 Å². The average Bonchev–Trinajstić information content (AvgIpc) is 2.24. The summed E-state index contributed by atoms with van der Waals surface area (Å²) in [5.41, 5.74) is 0. The number of carbonyl (C=O) groups is 2. The second kappa shape index (κ2) is 7.09. The average molecular weight is 230 g/mol. The monoisotopic (exact) mass is 230 g/mol. The molecule has 0 aliphatic carbocycles. The van der Waals surface area contributed by atoms with Crippen molar-refractivity contribution in [3.05, 3.63) is 0 Å². The van der Waals surface area contributed by atoms with Gasteiger partial charge in [-0.05, 0) is 5.92 Å². The summed E-state index contributed by atoms with van der Waals surface area (Å²) in [5.74, 6) is -1.00. The maximum absolute atomic E-state index is 11.5. The zero-order chi connectivity index (χ0) is 12.7. The molecule has 5 heteroatoms. The lowest BCUT2D eigenvalue weighted by Crippen LogP contribution is -2.42. The summed E-state index contributed by atoms with van der Waals surface area (Å²) in [6, 6.07) is -0.214. The second-order valence-electron chi connectivity index (χ2n) is 4.32. The quantitative estimate of drug-likeness (QED) is 0.724. The van der Waals surface area contributed by atoms with E-state index in [9.17, 15) is 9.59 Å². The molecule has 2 amide bonds. The van der Waals surface area contributed by atoms with Crippen molar-refractivity contribution in [1.29, 1.82) is 0 Å². The lowest BCUT2D eigenvalue weighted by molar-refractivity contribution is -0.140. The summed E-state index contributed by atoms with van der Waals surface area (Å²) >= 11 is 0. The van der Waals surface area contributed by atoms with Gasteiger partial charge in [0.25, 0.3) is 0 Å². The fourth-order valence-electron chi connectivity index (χ4n) is 1.14. The van der Waals surface area contributed by atoms with Crippen molar-refractivity contribution in [2.75, 3.05) is 20.1 Å². The Bertz CT molecular complexity index is 243. The molecule has 0 radical (unpaired) electrons. The van der Waals surface area contributed by atoms with E-state index < -0.39 is 11.9 Å². The highest BCUT2D eigenvalue weighted by Gasteiger charge is 2.15. The van der Waals surface area contributed by atoms with Crippen molar-refractivity contribution >= 4 is 12.0 Å². The van der Waals surface area contributed by atoms with Gasteiger partial charge in [0.05, 0.1) is 5.92 Å². The van der Waals surface area contributed by atoms with Crippen molar-refractivity contribution in [2.24, 2.45) is 11.8 Å². The molecule has 16 heavy (non-hydrogen) atoms. The van der Waals surface area contributed by atoms with Crippen molar-refractivity contribution < 1.29 is 14.7 Å². The third-order valence-electron chi connectivity index (χ3n) is 2.61. The van der Waals surface area contributed by atoms with E-state index in [2.05, 4.69) is 19.2 Å². The molecule has 0 spiro atoms. The van der Waals surface area contributed by atoms with E-state index in [1.807, 2.05) is 0 Å². The molecule has 5 nitrogen and oxygen atoms in total. The molecule has 0 aliphatic heterocycles. The number of hydrogen-bond acceptors (Lipinski definition) is 2. The van der Waals surface area contributed by atoms with E-state index in [1.165, 1.54) is 0 Å². The van der Waals surface area contributed by atoms with Gasteiger partial charge in [0.1, 0.15) is 0 Å². The molecular weight excluding hydrogens is 208 g/mol. The summed E-state index contributed by atoms with van der Waals surface area (Å²) in [5, 5.41) is 11.3. The Balaban J connectivity index is 3.92. The van der Waals surface area contributed by atoms with Crippen LogP contribution < -0.4 is 5.32 Å². The van der Waals surface area contributed by atoms with Gasteiger partial charge in [-0.25, -0.2) is 4.79 Å². The van der Waals surface area contributed by atoms with Gasteiger partial charge in [-0.3, -0.25) is 4.79 Å². The Morgan fingerprint density at radius 1 is 1.38 bits per heavy atom. The van der Waals surface area contributed by atoms with Crippen LogP contribution in [0.4, 0.5) is 4.79 Å². The molecule has 0 aromatic carbocycles. The van der Waals surface area contributed by atoms with Gasteiger partial charge in [-0.2, -0.15) is 0 Å². The first-order valence-electron chi connectivity index (χ1n) is 5.60. The number of carboxylic acid groups (broad SMARTS) is 1. The predicted molar refractivity (Wildman–Crippen MR) is 62.3 cm³/mol.